The summed E-state index contributed by atoms with van der Waals surface area (Å²) in [6.07, 6.45) is 3.49. The zero-order valence-electron chi connectivity index (χ0n) is 14.4. The fourth-order valence-electron chi connectivity index (χ4n) is 4.08. The molecule has 2 heterocycles. The molecule has 1 saturated heterocycles. The minimum atomic E-state index is 0.163. The van der Waals surface area contributed by atoms with Crippen molar-refractivity contribution in [3.8, 4) is 17.2 Å². The maximum atomic E-state index is 9.92. The number of nitrogens with zero attached hydrogens (tertiary/aromatic N) is 1. The van der Waals surface area contributed by atoms with Crippen LogP contribution in [0.15, 0.2) is 42.5 Å². The molecule has 2 aromatic carbocycles. The summed E-state index contributed by atoms with van der Waals surface area (Å²) in [5.41, 5.74) is 4.85. The number of hydrogen-bond donors (Lipinski definition) is 2. The number of ether oxygens (including phenoxy) is 1. The smallest absolute Gasteiger partial charge is 0.161 e. The van der Waals surface area contributed by atoms with Gasteiger partial charge >= 0.3 is 0 Å². The van der Waals surface area contributed by atoms with Gasteiger partial charge in [0, 0.05) is 12.6 Å². The summed E-state index contributed by atoms with van der Waals surface area (Å²) in [7, 11) is 1.58. The van der Waals surface area contributed by atoms with Crippen LogP contribution in [-0.4, -0.2) is 41.4 Å². The Morgan fingerprint density at radius 2 is 1.76 bits per heavy atom. The second-order valence-corrected chi connectivity index (χ2v) is 6.86. The maximum Gasteiger partial charge on any atom is 0.161 e. The van der Waals surface area contributed by atoms with Crippen LogP contribution in [0.25, 0.3) is 11.1 Å². The standard InChI is InChI=1S/C21H23NO3/c1-25-21-11-15(6-9-20(21)24)18-12-16-3-2-10-22(16)13-19(18)14-4-7-17(23)8-5-14/h4-9,11,16,23-24H,2-3,10,12-13H2,1H3/t16-/m1/s1. The number of phenols is 2. The highest BCUT2D eigenvalue weighted by Gasteiger charge is 2.32. The summed E-state index contributed by atoms with van der Waals surface area (Å²) in [4.78, 5) is 2.56. The van der Waals surface area contributed by atoms with Gasteiger partial charge in [-0.05, 0) is 72.3 Å². The molecule has 0 saturated carbocycles. The molecule has 1 fully saturated rings. The van der Waals surface area contributed by atoms with Gasteiger partial charge < -0.3 is 14.9 Å². The molecule has 0 spiro atoms. The first kappa shape index (κ1) is 16.0. The van der Waals surface area contributed by atoms with Gasteiger partial charge in [-0.3, -0.25) is 4.90 Å². The van der Waals surface area contributed by atoms with E-state index in [4.69, 9.17) is 4.74 Å². The number of methoxy groups -OCH3 is 1. The molecule has 0 aliphatic carbocycles. The molecule has 1 atom stereocenters. The van der Waals surface area contributed by atoms with Crippen molar-refractivity contribution in [3.05, 3.63) is 53.6 Å². The minimum Gasteiger partial charge on any atom is -0.508 e. The summed E-state index contributed by atoms with van der Waals surface area (Å²) < 4.78 is 5.30. The lowest BCUT2D eigenvalue weighted by atomic mass is 9.86. The third-order valence-electron chi connectivity index (χ3n) is 5.41. The average Bonchev–Trinajstić information content (AvgIpc) is 3.09. The quantitative estimate of drug-likeness (QED) is 0.892. The largest absolute Gasteiger partial charge is 0.508 e. The van der Waals surface area contributed by atoms with E-state index in [1.165, 1.54) is 24.0 Å². The van der Waals surface area contributed by atoms with E-state index < -0.39 is 0 Å². The number of benzene rings is 2. The first-order chi connectivity index (χ1) is 12.2. The molecule has 2 N–H and O–H groups in total. The van der Waals surface area contributed by atoms with Crippen molar-refractivity contribution in [3.63, 3.8) is 0 Å². The molecular formula is C21H23NO3. The van der Waals surface area contributed by atoms with Gasteiger partial charge in [0.25, 0.3) is 0 Å². The number of rotatable bonds is 3. The SMILES string of the molecule is COc1cc(C2=C(c3ccc(O)cc3)CN3CCC[C@@H]3C2)ccc1O. The Bertz CT molecular complexity index is 810. The van der Waals surface area contributed by atoms with Crippen LogP contribution in [0.2, 0.25) is 0 Å². The molecule has 2 aliphatic heterocycles. The molecule has 4 heteroatoms. The van der Waals surface area contributed by atoms with E-state index in [0.717, 1.165) is 30.6 Å². The van der Waals surface area contributed by atoms with Gasteiger partial charge in [-0.1, -0.05) is 18.2 Å². The summed E-state index contributed by atoms with van der Waals surface area (Å²) in [5, 5.41) is 19.5. The Hall–Kier alpha value is -2.46. The molecule has 0 radical (unpaired) electrons. The Balaban J connectivity index is 1.83. The highest BCUT2D eigenvalue weighted by Crippen LogP contribution is 2.41. The second kappa shape index (κ2) is 6.45. The van der Waals surface area contributed by atoms with Gasteiger partial charge in [-0.25, -0.2) is 0 Å². The average molecular weight is 337 g/mol. The normalized spacial score (nSPS) is 20.6. The second-order valence-electron chi connectivity index (χ2n) is 6.86. The Morgan fingerprint density at radius 3 is 2.52 bits per heavy atom. The van der Waals surface area contributed by atoms with E-state index in [2.05, 4.69) is 4.90 Å². The number of aromatic hydroxyl groups is 2. The van der Waals surface area contributed by atoms with E-state index in [0.29, 0.717) is 11.8 Å². The van der Waals surface area contributed by atoms with Crippen molar-refractivity contribution >= 4 is 11.1 Å². The van der Waals surface area contributed by atoms with E-state index in [1.807, 2.05) is 24.3 Å². The minimum absolute atomic E-state index is 0.163. The van der Waals surface area contributed by atoms with Crippen LogP contribution < -0.4 is 4.74 Å². The zero-order valence-corrected chi connectivity index (χ0v) is 14.4. The summed E-state index contributed by atoms with van der Waals surface area (Å²) >= 11 is 0. The third-order valence-corrected chi connectivity index (χ3v) is 5.41. The van der Waals surface area contributed by atoms with E-state index in [9.17, 15) is 10.2 Å². The highest BCUT2D eigenvalue weighted by molar-refractivity contribution is 5.93. The number of fused-ring (bicyclic) bond motifs is 1. The zero-order chi connectivity index (χ0) is 17.4. The van der Waals surface area contributed by atoms with E-state index >= 15 is 0 Å². The van der Waals surface area contributed by atoms with Crippen molar-refractivity contribution in [2.45, 2.75) is 25.3 Å². The molecule has 0 amide bonds. The Morgan fingerprint density at radius 1 is 1.00 bits per heavy atom. The van der Waals surface area contributed by atoms with Crippen molar-refractivity contribution in [1.29, 1.82) is 0 Å². The van der Waals surface area contributed by atoms with Gasteiger partial charge in [-0.15, -0.1) is 0 Å². The molecule has 0 bridgehead atoms. The van der Waals surface area contributed by atoms with E-state index in [-0.39, 0.29) is 11.5 Å². The van der Waals surface area contributed by atoms with Crippen LogP contribution in [0.3, 0.4) is 0 Å². The van der Waals surface area contributed by atoms with E-state index in [1.54, 1.807) is 25.3 Å². The van der Waals surface area contributed by atoms with Crippen LogP contribution in [0.4, 0.5) is 0 Å². The lowest BCUT2D eigenvalue weighted by Crippen LogP contribution is -2.35. The van der Waals surface area contributed by atoms with Crippen LogP contribution >= 0.6 is 0 Å². The molecule has 2 aromatic rings. The molecule has 4 rings (SSSR count). The molecular weight excluding hydrogens is 314 g/mol. The van der Waals surface area contributed by atoms with Gasteiger partial charge in [0.2, 0.25) is 0 Å². The maximum absolute atomic E-state index is 9.92. The van der Waals surface area contributed by atoms with Crippen LogP contribution in [0.5, 0.6) is 17.2 Å². The first-order valence-electron chi connectivity index (χ1n) is 8.78. The number of phenolic OH excluding ortho intramolecular Hbond substituents is 2. The lowest BCUT2D eigenvalue weighted by Gasteiger charge is -2.34. The van der Waals surface area contributed by atoms with Crippen molar-refractivity contribution in [1.82, 2.24) is 4.90 Å². The highest BCUT2D eigenvalue weighted by atomic mass is 16.5. The molecule has 25 heavy (non-hydrogen) atoms. The van der Waals surface area contributed by atoms with Gasteiger partial charge in [0.05, 0.1) is 7.11 Å². The topological polar surface area (TPSA) is 52.9 Å². The fourth-order valence-corrected chi connectivity index (χ4v) is 4.08. The monoisotopic (exact) mass is 337 g/mol. The van der Waals surface area contributed by atoms with Crippen molar-refractivity contribution in [2.75, 3.05) is 20.2 Å². The van der Waals surface area contributed by atoms with Gasteiger partial charge in [0.1, 0.15) is 5.75 Å². The summed E-state index contributed by atoms with van der Waals surface area (Å²) in [5.74, 6) is 0.951. The predicted octanol–water partition coefficient (Wildman–Crippen LogP) is 3.89. The summed E-state index contributed by atoms with van der Waals surface area (Å²) in [6.45, 7) is 2.08. The first-order valence-corrected chi connectivity index (χ1v) is 8.78. The van der Waals surface area contributed by atoms with Crippen LogP contribution in [0.1, 0.15) is 30.4 Å². The molecule has 0 unspecified atom stereocenters. The summed E-state index contributed by atoms with van der Waals surface area (Å²) in [6, 6.07) is 13.7. The van der Waals surface area contributed by atoms with Crippen molar-refractivity contribution in [2.24, 2.45) is 0 Å². The Labute approximate surface area is 148 Å². The molecule has 0 aromatic heterocycles. The molecule has 4 nitrogen and oxygen atoms in total. The van der Waals surface area contributed by atoms with Gasteiger partial charge in [-0.2, -0.15) is 0 Å². The lowest BCUT2D eigenvalue weighted by molar-refractivity contribution is 0.281. The Kier molecular flexibility index (Phi) is 4.14. The van der Waals surface area contributed by atoms with Crippen molar-refractivity contribution < 1.29 is 14.9 Å². The molecule has 2 aliphatic rings. The predicted molar refractivity (Wildman–Crippen MR) is 98.8 cm³/mol. The third kappa shape index (κ3) is 2.98. The van der Waals surface area contributed by atoms with Gasteiger partial charge in [0.15, 0.2) is 11.5 Å². The van der Waals surface area contributed by atoms with Crippen LogP contribution in [-0.2, 0) is 0 Å². The number of hydrogen-bond acceptors (Lipinski definition) is 4. The molecule has 130 valence electrons. The fraction of sp³-hybridized carbons (Fsp3) is 0.333. The van der Waals surface area contributed by atoms with Crippen LogP contribution in [0, 0.1) is 0 Å².